The van der Waals surface area contributed by atoms with E-state index < -0.39 is 0 Å². The average molecular weight is 297 g/mol. The number of thiophene rings is 1. The molecule has 0 saturated heterocycles. The number of hydrogen-bond donors (Lipinski definition) is 2. The first-order valence-corrected chi connectivity index (χ1v) is 7.53. The summed E-state index contributed by atoms with van der Waals surface area (Å²) in [6.45, 7) is 2.10. The van der Waals surface area contributed by atoms with Crippen LogP contribution in [-0.4, -0.2) is 10.9 Å². The Bertz CT molecular complexity index is 793. The van der Waals surface area contributed by atoms with Gasteiger partial charge in [-0.3, -0.25) is 9.78 Å². The number of aromatic nitrogens is 1. The maximum Gasteiger partial charge on any atom is 0.267 e. The van der Waals surface area contributed by atoms with Crippen LogP contribution in [0.3, 0.4) is 0 Å². The van der Waals surface area contributed by atoms with Gasteiger partial charge >= 0.3 is 0 Å². The molecule has 3 N–H and O–H groups in total. The van der Waals surface area contributed by atoms with Crippen LogP contribution < -0.4 is 11.1 Å². The van der Waals surface area contributed by atoms with Gasteiger partial charge in [0.05, 0.1) is 10.4 Å². The first-order chi connectivity index (χ1) is 10.2. The van der Waals surface area contributed by atoms with Crippen molar-refractivity contribution in [2.75, 3.05) is 11.1 Å². The van der Waals surface area contributed by atoms with Gasteiger partial charge < -0.3 is 11.1 Å². The van der Waals surface area contributed by atoms with E-state index in [1.54, 1.807) is 12.4 Å². The number of rotatable bonds is 3. The Kier molecular flexibility index (Phi) is 3.58. The maximum absolute atomic E-state index is 12.4. The fourth-order valence-electron chi connectivity index (χ4n) is 2.15. The standard InChI is InChI=1S/C16H15N3OS/c1-2-10-3-5-11(6-4-10)19-16(20)15-14(17)12-7-8-18-9-13(12)21-15/h3-9H,2,17H2,1H3,(H,19,20). The number of amides is 1. The number of benzene rings is 1. The molecule has 0 spiro atoms. The number of nitrogen functional groups attached to an aromatic ring is 1. The molecule has 2 heterocycles. The van der Waals surface area contributed by atoms with Crippen molar-refractivity contribution in [2.24, 2.45) is 0 Å². The fraction of sp³-hybridized carbons (Fsp3) is 0.125. The molecule has 5 heteroatoms. The Morgan fingerprint density at radius 3 is 2.71 bits per heavy atom. The van der Waals surface area contributed by atoms with Gasteiger partial charge in [-0.05, 0) is 30.2 Å². The minimum Gasteiger partial charge on any atom is -0.397 e. The third-order valence-electron chi connectivity index (χ3n) is 3.36. The van der Waals surface area contributed by atoms with Crippen molar-refractivity contribution in [3.05, 3.63) is 53.2 Å². The molecule has 21 heavy (non-hydrogen) atoms. The zero-order valence-electron chi connectivity index (χ0n) is 11.6. The van der Waals surface area contributed by atoms with Gasteiger partial charge in [0, 0.05) is 23.5 Å². The number of nitrogens with two attached hydrogens (primary N) is 1. The average Bonchev–Trinajstić information content (AvgIpc) is 2.86. The molecule has 4 nitrogen and oxygen atoms in total. The second-order valence-electron chi connectivity index (χ2n) is 4.72. The summed E-state index contributed by atoms with van der Waals surface area (Å²) in [7, 11) is 0. The molecule has 0 aliphatic rings. The molecule has 0 atom stereocenters. The number of nitrogens with zero attached hydrogens (tertiary/aromatic N) is 1. The highest BCUT2D eigenvalue weighted by molar-refractivity contribution is 7.21. The highest BCUT2D eigenvalue weighted by atomic mass is 32.1. The Morgan fingerprint density at radius 2 is 2.05 bits per heavy atom. The zero-order valence-corrected chi connectivity index (χ0v) is 12.4. The van der Waals surface area contributed by atoms with E-state index in [0.717, 1.165) is 22.2 Å². The molecule has 3 rings (SSSR count). The van der Waals surface area contributed by atoms with Crippen LogP contribution >= 0.6 is 11.3 Å². The molecular formula is C16H15N3OS. The van der Waals surface area contributed by atoms with Crippen LogP contribution in [0.2, 0.25) is 0 Å². The molecule has 0 bridgehead atoms. The van der Waals surface area contributed by atoms with Gasteiger partial charge in [0.1, 0.15) is 4.88 Å². The minimum atomic E-state index is -0.182. The van der Waals surface area contributed by atoms with Gasteiger partial charge in [-0.25, -0.2) is 0 Å². The summed E-state index contributed by atoms with van der Waals surface area (Å²) in [4.78, 5) is 16.9. The molecule has 106 valence electrons. The summed E-state index contributed by atoms with van der Waals surface area (Å²) in [5.74, 6) is -0.182. The number of fused-ring (bicyclic) bond motifs is 1. The van der Waals surface area contributed by atoms with E-state index in [1.165, 1.54) is 16.9 Å². The van der Waals surface area contributed by atoms with Gasteiger partial charge in [-0.15, -0.1) is 11.3 Å². The third-order valence-corrected chi connectivity index (χ3v) is 4.51. The van der Waals surface area contributed by atoms with E-state index in [2.05, 4.69) is 17.2 Å². The second-order valence-corrected chi connectivity index (χ2v) is 5.77. The van der Waals surface area contributed by atoms with Gasteiger partial charge in [0.25, 0.3) is 5.91 Å². The molecular weight excluding hydrogens is 282 g/mol. The normalized spacial score (nSPS) is 10.7. The summed E-state index contributed by atoms with van der Waals surface area (Å²) in [6.07, 6.45) is 4.38. The van der Waals surface area contributed by atoms with Gasteiger partial charge in [-0.2, -0.15) is 0 Å². The summed E-state index contributed by atoms with van der Waals surface area (Å²) in [5.41, 5.74) is 8.58. The number of carbonyl (C=O) groups excluding carboxylic acids is 1. The molecule has 2 aromatic heterocycles. The van der Waals surface area contributed by atoms with E-state index in [0.29, 0.717) is 10.6 Å². The summed E-state index contributed by atoms with van der Waals surface area (Å²) in [5, 5.41) is 3.76. The molecule has 1 amide bonds. The lowest BCUT2D eigenvalue weighted by atomic mass is 10.1. The lowest BCUT2D eigenvalue weighted by Crippen LogP contribution is -2.11. The van der Waals surface area contributed by atoms with Crippen LogP contribution in [0.4, 0.5) is 11.4 Å². The number of hydrogen-bond acceptors (Lipinski definition) is 4. The Labute approximate surface area is 126 Å². The first kappa shape index (κ1) is 13.6. The van der Waals surface area contributed by atoms with Crippen molar-refractivity contribution in [3.8, 4) is 0 Å². The van der Waals surface area contributed by atoms with E-state index >= 15 is 0 Å². The highest BCUT2D eigenvalue weighted by Crippen LogP contribution is 2.33. The first-order valence-electron chi connectivity index (χ1n) is 6.71. The number of carbonyl (C=O) groups is 1. The van der Waals surface area contributed by atoms with Crippen LogP contribution in [0.5, 0.6) is 0 Å². The third kappa shape index (κ3) is 2.60. The predicted molar refractivity (Wildman–Crippen MR) is 87.8 cm³/mol. The van der Waals surface area contributed by atoms with Crippen molar-refractivity contribution in [2.45, 2.75) is 13.3 Å². The monoisotopic (exact) mass is 297 g/mol. The number of aryl methyl sites for hydroxylation is 1. The van der Waals surface area contributed by atoms with E-state index in [9.17, 15) is 4.79 Å². The number of nitrogens with one attached hydrogen (secondary N) is 1. The Hall–Kier alpha value is -2.40. The summed E-state index contributed by atoms with van der Waals surface area (Å²) >= 11 is 1.36. The van der Waals surface area contributed by atoms with Crippen LogP contribution in [0.1, 0.15) is 22.2 Å². The van der Waals surface area contributed by atoms with Gasteiger partial charge in [0.15, 0.2) is 0 Å². The van der Waals surface area contributed by atoms with Crippen molar-refractivity contribution in [1.29, 1.82) is 0 Å². The van der Waals surface area contributed by atoms with E-state index in [-0.39, 0.29) is 5.91 Å². The molecule has 1 aromatic carbocycles. The second kappa shape index (κ2) is 5.54. The topological polar surface area (TPSA) is 68.0 Å². The van der Waals surface area contributed by atoms with E-state index in [4.69, 9.17) is 5.73 Å². The molecule has 3 aromatic rings. The largest absolute Gasteiger partial charge is 0.397 e. The molecule has 0 saturated carbocycles. The minimum absolute atomic E-state index is 0.182. The van der Waals surface area contributed by atoms with Crippen LogP contribution in [-0.2, 0) is 6.42 Å². The Balaban J connectivity index is 1.87. The number of pyridine rings is 1. The fourth-order valence-corrected chi connectivity index (χ4v) is 3.14. The van der Waals surface area contributed by atoms with Crippen LogP contribution in [0, 0.1) is 0 Å². The number of anilines is 2. The quantitative estimate of drug-likeness (QED) is 0.774. The summed E-state index contributed by atoms with van der Waals surface area (Å²) < 4.78 is 0.918. The SMILES string of the molecule is CCc1ccc(NC(=O)c2sc3cnccc3c2N)cc1. The van der Waals surface area contributed by atoms with Crippen molar-refractivity contribution < 1.29 is 4.79 Å². The van der Waals surface area contributed by atoms with Crippen molar-refractivity contribution in [1.82, 2.24) is 4.98 Å². The highest BCUT2D eigenvalue weighted by Gasteiger charge is 2.16. The van der Waals surface area contributed by atoms with Gasteiger partial charge in [0.2, 0.25) is 0 Å². The molecule has 0 aliphatic carbocycles. The smallest absolute Gasteiger partial charge is 0.267 e. The lowest BCUT2D eigenvalue weighted by molar-refractivity contribution is 0.103. The van der Waals surface area contributed by atoms with Crippen molar-refractivity contribution >= 4 is 38.7 Å². The lowest BCUT2D eigenvalue weighted by Gasteiger charge is -2.05. The molecule has 0 fully saturated rings. The molecule has 0 radical (unpaired) electrons. The zero-order chi connectivity index (χ0) is 14.8. The van der Waals surface area contributed by atoms with Crippen molar-refractivity contribution in [3.63, 3.8) is 0 Å². The maximum atomic E-state index is 12.4. The van der Waals surface area contributed by atoms with E-state index in [1.807, 2.05) is 30.3 Å². The summed E-state index contributed by atoms with van der Waals surface area (Å²) in [6, 6.07) is 9.65. The molecule has 0 unspecified atom stereocenters. The Morgan fingerprint density at radius 1 is 1.29 bits per heavy atom. The van der Waals surface area contributed by atoms with Crippen LogP contribution in [0.25, 0.3) is 10.1 Å². The van der Waals surface area contributed by atoms with Crippen LogP contribution in [0.15, 0.2) is 42.7 Å². The predicted octanol–water partition coefficient (Wildman–Crippen LogP) is 3.69. The molecule has 0 aliphatic heterocycles. The van der Waals surface area contributed by atoms with Gasteiger partial charge in [-0.1, -0.05) is 19.1 Å².